The van der Waals surface area contributed by atoms with Gasteiger partial charge in [-0.05, 0) is 15.4 Å². The fraction of sp³-hybridized carbons (Fsp3) is 0.143. The number of nitro benzene ring substituents is 1. The van der Waals surface area contributed by atoms with E-state index in [1.165, 1.54) is 0 Å². The number of non-ortho nitro benzene ring substituents is 1. The van der Waals surface area contributed by atoms with Crippen LogP contribution < -0.4 is 0 Å². The molecule has 0 bridgehead atoms. The van der Waals surface area contributed by atoms with E-state index in [-0.39, 0.29) is 11.3 Å². The maximum atomic E-state index is 11.3. The molecule has 0 radical (unpaired) electrons. The smallest absolute Gasteiger partial charge is 0.269 e. The Bertz CT molecular complexity index is 930. The first-order valence-electron chi connectivity index (χ1n) is 7.04. The van der Waals surface area contributed by atoms with Crippen molar-refractivity contribution in [2.75, 3.05) is 0 Å². The van der Waals surface area contributed by atoms with Gasteiger partial charge in [-0.3, -0.25) is 40.5 Å². The summed E-state index contributed by atoms with van der Waals surface area (Å²) >= 11 is 0. The number of rotatable bonds is 6. The Morgan fingerprint density at radius 1 is 0.963 bits per heavy atom. The Hall–Kier alpha value is -4.34. The van der Waals surface area contributed by atoms with Gasteiger partial charge in [0.25, 0.3) is 5.69 Å². The van der Waals surface area contributed by atoms with Gasteiger partial charge < -0.3 is 0 Å². The van der Waals surface area contributed by atoms with Crippen molar-refractivity contribution >= 4 is 5.69 Å². The van der Waals surface area contributed by atoms with E-state index in [9.17, 15) is 45.7 Å². The van der Waals surface area contributed by atoms with Crippen molar-refractivity contribution in [3.63, 3.8) is 0 Å². The molecule has 0 aromatic heterocycles. The summed E-state index contributed by atoms with van der Waals surface area (Å²) in [5.74, 6) is -3.17. The second-order valence-corrected chi connectivity index (χ2v) is 5.27. The second-order valence-electron chi connectivity index (χ2n) is 5.27. The average Bonchev–Trinajstić information content (AvgIpc) is 2.62. The van der Waals surface area contributed by atoms with Gasteiger partial charge in [-0.15, -0.1) is 0 Å². The predicted octanol–water partition coefficient (Wildman–Crippen LogP) is 1.96. The molecule has 13 nitrogen and oxygen atoms in total. The summed E-state index contributed by atoms with van der Waals surface area (Å²) in [7, 11) is 0. The van der Waals surface area contributed by atoms with Gasteiger partial charge in [0, 0.05) is 18.2 Å². The lowest BCUT2D eigenvalue weighted by molar-refractivity contribution is -0.488. The normalized spacial score (nSPS) is 17.1. The van der Waals surface area contributed by atoms with Gasteiger partial charge in [0.2, 0.25) is 5.70 Å². The Morgan fingerprint density at radius 3 is 1.96 bits per heavy atom. The first kappa shape index (κ1) is 19.0. The van der Waals surface area contributed by atoms with Crippen molar-refractivity contribution in [1.82, 2.24) is 0 Å². The van der Waals surface area contributed by atoms with Crippen molar-refractivity contribution in [3.8, 4) is 6.07 Å². The highest BCUT2D eigenvalue weighted by molar-refractivity contribution is 5.41. The molecule has 1 aliphatic carbocycles. The van der Waals surface area contributed by atoms with Crippen LogP contribution in [0.1, 0.15) is 11.5 Å². The molecule has 2 rings (SSSR count). The number of allylic oxidation sites excluding steroid dienone is 1. The van der Waals surface area contributed by atoms with Crippen LogP contribution in [-0.4, -0.2) is 19.7 Å². The SMILES string of the molecule is N#CC(c1ccc([N+](=O)[O-])cc1)C1C([N+](=O)[O-])=CC([N+](=O)[O-])=C[C-]1[N+](=O)[O-]. The largest absolute Gasteiger partial charge is 0.277 e. The van der Waals surface area contributed by atoms with Crippen molar-refractivity contribution in [2.45, 2.75) is 5.92 Å². The highest BCUT2D eigenvalue weighted by atomic mass is 16.6. The summed E-state index contributed by atoms with van der Waals surface area (Å²) in [5, 5.41) is 53.8. The van der Waals surface area contributed by atoms with Gasteiger partial charge in [0.15, 0.2) is 0 Å². The Morgan fingerprint density at radius 2 is 1.56 bits per heavy atom. The van der Waals surface area contributed by atoms with Crippen molar-refractivity contribution in [3.05, 3.63) is 99.9 Å². The number of benzene rings is 1. The molecule has 0 fully saturated rings. The molecule has 2 unspecified atom stereocenters. The first-order chi connectivity index (χ1) is 12.7. The molecular formula is C14H8N5O8-. The van der Waals surface area contributed by atoms with Gasteiger partial charge in [-0.25, -0.2) is 0 Å². The fourth-order valence-corrected chi connectivity index (χ4v) is 2.60. The maximum Gasteiger partial charge on any atom is 0.269 e. The van der Waals surface area contributed by atoms with Crippen LogP contribution in [0.4, 0.5) is 5.69 Å². The summed E-state index contributed by atoms with van der Waals surface area (Å²) in [6.45, 7) is 0. The molecule has 1 aromatic rings. The van der Waals surface area contributed by atoms with Gasteiger partial charge in [0.1, 0.15) is 11.7 Å². The van der Waals surface area contributed by atoms with Crippen LogP contribution in [0.2, 0.25) is 0 Å². The van der Waals surface area contributed by atoms with E-state index in [0.717, 1.165) is 24.3 Å². The van der Waals surface area contributed by atoms with Crippen LogP contribution in [0.5, 0.6) is 0 Å². The fourth-order valence-electron chi connectivity index (χ4n) is 2.60. The molecule has 0 saturated heterocycles. The van der Waals surface area contributed by atoms with Crippen LogP contribution in [0, 0.1) is 63.7 Å². The van der Waals surface area contributed by atoms with Crippen LogP contribution in [0.15, 0.2) is 47.8 Å². The summed E-state index contributed by atoms with van der Waals surface area (Å²) in [6.07, 6.45) is 1.13. The summed E-state index contributed by atoms with van der Waals surface area (Å²) < 4.78 is 0. The van der Waals surface area contributed by atoms with Crippen molar-refractivity contribution in [2.24, 2.45) is 5.92 Å². The highest BCUT2D eigenvalue weighted by Crippen LogP contribution is 2.41. The lowest BCUT2D eigenvalue weighted by Crippen LogP contribution is -2.32. The monoisotopic (exact) mass is 374 g/mol. The third-order valence-corrected chi connectivity index (χ3v) is 3.80. The summed E-state index contributed by atoms with van der Waals surface area (Å²) in [6, 6.07) is 5.20. The molecule has 2 atom stereocenters. The minimum absolute atomic E-state index is 0.0538. The molecule has 13 heteroatoms. The average molecular weight is 374 g/mol. The van der Waals surface area contributed by atoms with Crippen molar-refractivity contribution in [1.29, 1.82) is 5.26 Å². The summed E-state index contributed by atoms with van der Waals surface area (Å²) in [5.41, 5.74) is -2.00. The molecule has 0 heterocycles. The number of nitro groups is 4. The third-order valence-electron chi connectivity index (χ3n) is 3.80. The topological polar surface area (TPSA) is 196 Å². The van der Waals surface area contributed by atoms with Gasteiger partial charge in [0.05, 0.1) is 27.8 Å². The lowest BCUT2D eigenvalue weighted by Gasteiger charge is -2.28. The third kappa shape index (κ3) is 3.69. The van der Waals surface area contributed by atoms with Crippen LogP contribution in [0.25, 0.3) is 0 Å². The lowest BCUT2D eigenvalue weighted by atomic mass is 9.77. The molecule has 0 aliphatic heterocycles. The zero-order valence-electron chi connectivity index (χ0n) is 13.1. The molecule has 0 amide bonds. The van der Waals surface area contributed by atoms with Crippen LogP contribution >= 0.6 is 0 Å². The summed E-state index contributed by atoms with van der Waals surface area (Å²) in [4.78, 5) is 40.6. The van der Waals surface area contributed by atoms with E-state index in [2.05, 4.69) is 0 Å². The molecule has 0 saturated carbocycles. The van der Waals surface area contributed by atoms with Crippen molar-refractivity contribution < 1.29 is 19.7 Å². The van der Waals surface area contributed by atoms with Gasteiger partial charge in [-0.2, -0.15) is 5.26 Å². The zero-order chi connectivity index (χ0) is 20.3. The molecular weight excluding hydrogens is 366 g/mol. The Balaban J connectivity index is 2.59. The van der Waals surface area contributed by atoms with E-state index in [0.29, 0.717) is 12.2 Å². The Labute approximate surface area is 149 Å². The van der Waals surface area contributed by atoms with E-state index in [1.807, 2.05) is 0 Å². The molecule has 1 aromatic carbocycles. The van der Waals surface area contributed by atoms with Gasteiger partial charge in [-0.1, -0.05) is 18.2 Å². The molecule has 0 spiro atoms. The number of nitrogens with zero attached hydrogens (tertiary/aromatic N) is 5. The number of hydrogen-bond donors (Lipinski definition) is 0. The first-order valence-corrected chi connectivity index (χ1v) is 7.04. The molecule has 138 valence electrons. The minimum Gasteiger partial charge on any atom is -0.277 e. The molecule has 1 aliphatic rings. The quantitative estimate of drug-likeness (QED) is 0.405. The zero-order valence-corrected chi connectivity index (χ0v) is 13.1. The Kier molecular flexibility index (Phi) is 5.11. The standard InChI is InChI=1S/C14H8N5O8/c15-7-11(8-1-3-9(4-2-8)16(20)21)14-12(18(24)25)5-10(17(22)23)6-13(14)19(26)27/h1-6,11,14H/q-1. The van der Waals surface area contributed by atoms with E-state index >= 15 is 0 Å². The van der Waals surface area contributed by atoms with Gasteiger partial charge >= 0.3 is 0 Å². The number of nitriles is 1. The van der Waals surface area contributed by atoms with E-state index in [1.54, 1.807) is 6.07 Å². The molecule has 27 heavy (non-hydrogen) atoms. The van der Waals surface area contributed by atoms with E-state index < -0.39 is 49.0 Å². The number of hydrogen-bond acceptors (Lipinski definition) is 9. The minimum atomic E-state index is -1.70. The predicted molar refractivity (Wildman–Crippen MR) is 85.3 cm³/mol. The molecule has 0 N–H and O–H groups in total. The van der Waals surface area contributed by atoms with E-state index in [4.69, 9.17) is 0 Å². The highest BCUT2D eigenvalue weighted by Gasteiger charge is 2.44. The second kappa shape index (κ2) is 7.27. The van der Waals surface area contributed by atoms with Crippen LogP contribution in [-0.2, 0) is 0 Å². The maximum absolute atomic E-state index is 11.3. The van der Waals surface area contributed by atoms with Crippen LogP contribution in [0.3, 0.4) is 0 Å².